The van der Waals surface area contributed by atoms with E-state index in [-0.39, 0.29) is 6.04 Å². The van der Waals surface area contributed by atoms with E-state index < -0.39 is 0 Å². The van der Waals surface area contributed by atoms with E-state index in [0.29, 0.717) is 6.54 Å². The van der Waals surface area contributed by atoms with Gasteiger partial charge in [-0.15, -0.1) is 0 Å². The minimum atomic E-state index is 0.269. The second-order valence-corrected chi connectivity index (χ2v) is 6.48. The lowest BCUT2D eigenvalue weighted by Crippen LogP contribution is -2.17. The van der Waals surface area contributed by atoms with Gasteiger partial charge in [-0.1, -0.05) is 28.1 Å². The van der Waals surface area contributed by atoms with Crippen molar-refractivity contribution in [2.45, 2.75) is 19.5 Å². The van der Waals surface area contributed by atoms with E-state index in [1.54, 1.807) is 0 Å². The predicted molar refractivity (Wildman–Crippen MR) is 83.5 cm³/mol. The number of benzene rings is 1. The van der Waals surface area contributed by atoms with E-state index in [0.717, 1.165) is 19.4 Å². The molecule has 1 aromatic heterocycles. The highest BCUT2D eigenvalue weighted by atomic mass is 79.9. The lowest BCUT2D eigenvalue weighted by Gasteiger charge is -2.13. The van der Waals surface area contributed by atoms with Crippen molar-refractivity contribution in [3.8, 4) is 0 Å². The molecule has 2 nitrogen and oxygen atoms in total. The van der Waals surface area contributed by atoms with Crippen LogP contribution in [0.3, 0.4) is 0 Å². The van der Waals surface area contributed by atoms with Gasteiger partial charge in [-0.3, -0.25) is 0 Å². The maximum Gasteiger partial charge on any atom is 0.183 e. The third-order valence-electron chi connectivity index (χ3n) is 2.63. The second-order valence-electron chi connectivity index (χ2n) is 3.99. The molecule has 0 saturated heterocycles. The van der Waals surface area contributed by atoms with Crippen molar-refractivity contribution >= 4 is 47.8 Å². The minimum absolute atomic E-state index is 0.269. The molecule has 0 spiro atoms. The van der Waals surface area contributed by atoms with Crippen molar-refractivity contribution in [2.75, 3.05) is 0 Å². The van der Waals surface area contributed by atoms with Crippen LogP contribution in [0.2, 0.25) is 0 Å². The standard InChI is InChI=1S/C13H12Br3NO/c1-8(9-3-2-4-10(14)5-9)17-7-11-6-12(15)13(16)18-11/h2-6,8,17H,7H2,1H3. The predicted octanol–water partition coefficient (Wildman–Crippen LogP) is 5.42. The summed E-state index contributed by atoms with van der Waals surface area (Å²) >= 11 is 10.2. The van der Waals surface area contributed by atoms with Gasteiger partial charge in [0.15, 0.2) is 4.67 Å². The summed E-state index contributed by atoms with van der Waals surface area (Å²) in [7, 11) is 0. The molecule has 1 atom stereocenters. The first-order chi connectivity index (χ1) is 8.56. The smallest absolute Gasteiger partial charge is 0.183 e. The molecule has 0 radical (unpaired) electrons. The minimum Gasteiger partial charge on any atom is -0.452 e. The van der Waals surface area contributed by atoms with Gasteiger partial charge in [-0.25, -0.2) is 0 Å². The van der Waals surface area contributed by atoms with E-state index in [4.69, 9.17) is 4.42 Å². The molecule has 0 aliphatic carbocycles. The Morgan fingerprint density at radius 2 is 2.00 bits per heavy atom. The molecule has 1 aromatic carbocycles. The summed E-state index contributed by atoms with van der Waals surface area (Å²) in [4.78, 5) is 0. The Hall–Kier alpha value is -0.100. The Kier molecular flexibility index (Phi) is 5.06. The second kappa shape index (κ2) is 6.37. The fraction of sp³-hybridized carbons (Fsp3) is 0.231. The highest BCUT2D eigenvalue weighted by Crippen LogP contribution is 2.27. The summed E-state index contributed by atoms with van der Waals surface area (Å²) in [6.07, 6.45) is 0. The molecule has 2 rings (SSSR count). The largest absolute Gasteiger partial charge is 0.452 e. The molecule has 0 bridgehead atoms. The van der Waals surface area contributed by atoms with Gasteiger partial charge in [-0.05, 0) is 62.5 Å². The summed E-state index contributed by atoms with van der Waals surface area (Å²) in [6, 6.07) is 10.5. The molecule has 1 heterocycles. The normalized spacial score (nSPS) is 12.7. The summed E-state index contributed by atoms with van der Waals surface area (Å²) in [5.41, 5.74) is 1.24. The van der Waals surface area contributed by atoms with E-state index in [1.807, 2.05) is 18.2 Å². The van der Waals surface area contributed by atoms with Gasteiger partial charge in [0.2, 0.25) is 0 Å². The molecule has 0 amide bonds. The van der Waals surface area contributed by atoms with E-state index in [2.05, 4.69) is 72.2 Å². The Balaban J connectivity index is 1.98. The van der Waals surface area contributed by atoms with Gasteiger partial charge in [-0.2, -0.15) is 0 Å². The zero-order valence-electron chi connectivity index (χ0n) is 9.71. The van der Waals surface area contributed by atoms with Crippen LogP contribution in [-0.4, -0.2) is 0 Å². The molecular formula is C13H12Br3NO. The summed E-state index contributed by atoms with van der Waals surface area (Å²) in [6.45, 7) is 2.83. The topological polar surface area (TPSA) is 25.2 Å². The molecule has 5 heteroatoms. The summed E-state index contributed by atoms with van der Waals surface area (Å²) in [5.74, 6) is 0.899. The SMILES string of the molecule is CC(NCc1cc(Br)c(Br)o1)c1cccc(Br)c1. The van der Waals surface area contributed by atoms with E-state index in [9.17, 15) is 0 Å². The van der Waals surface area contributed by atoms with Crippen LogP contribution in [0.4, 0.5) is 0 Å². The zero-order chi connectivity index (χ0) is 13.1. The number of rotatable bonds is 4. The van der Waals surface area contributed by atoms with Crippen LogP contribution in [0.25, 0.3) is 0 Å². The van der Waals surface area contributed by atoms with Crippen LogP contribution in [0.1, 0.15) is 24.3 Å². The molecule has 0 aliphatic heterocycles. The average molecular weight is 438 g/mol. The van der Waals surface area contributed by atoms with Gasteiger partial charge in [0.1, 0.15) is 5.76 Å². The third kappa shape index (κ3) is 3.70. The molecule has 1 unspecified atom stereocenters. The molecule has 0 fully saturated rings. The number of hydrogen-bond donors (Lipinski definition) is 1. The highest BCUT2D eigenvalue weighted by Gasteiger charge is 2.09. The number of halogens is 3. The molecular weight excluding hydrogens is 426 g/mol. The Morgan fingerprint density at radius 3 is 2.61 bits per heavy atom. The first kappa shape index (κ1) is 14.3. The van der Waals surface area contributed by atoms with Crippen LogP contribution in [0.5, 0.6) is 0 Å². The van der Waals surface area contributed by atoms with Crippen LogP contribution in [0, 0.1) is 0 Å². The molecule has 18 heavy (non-hydrogen) atoms. The Morgan fingerprint density at radius 1 is 1.22 bits per heavy atom. The molecule has 0 aliphatic rings. The lowest BCUT2D eigenvalue weighted by molar-refractivity contribution is 0.446. The van der Waals surface area contributed by atoms with Crippen LogP contribution < -0.4 is 5.32 Å². The van der Waals surface area contributed by atoms with E-state index >= 15 is 0 Å². The fourth-order valence-corrected chi connectivity index (χ4v) is 2.70. The lowest BCUT2D eigenvalue weighted by atomic mass is 10.1. The third-order valence-corrected chi connectivity index (χ3v) is 4.83. The van der Waals surface area contributed by atoms with Crippen molar-refractivity contribution < 1.29 is 4.42 Å². The van der Waals surface area contributed by atoms with Gasteiger partial charge >= 0.3 is 0 Å². The molecule has 2 aromatic rings. The van der Waals surface area contributed by atoms with E-state index in [1.165, 1.54) is 5.56 Å². The van der Waals surface area contributed by atoms with Crippen LogP contribution in [0.15, 0.2) is 48.4 Å². The van der Waals surface area contributed by atoms with Crippen molar-refractivity contribution in [1.29, 1.82) is 0 Å². The van der Waals surface area contributed by atoms with Crippen LogP contribution in [-0.2, 0) is 6.54 Å². The maximum absolute atomic E-state index is 5.52. The quantitative estimate of drug-likeness (QED) is 0.691. The Labute approximate surface area is 132 Å². The number of nitrogens with one attached hydrogen (secondary N) is 1. The summed E-state index contributed by atoms with van der Waals surface area (Å²) in [5, 5.41) is 3.43. The number of furan rings is 1. The van der Waals surface area contributed by atoms with Gasteiger partial charge in [0.05, 0.1) is 11.0 Å². The van der Waals surface area contributed by atoms with Gasteiger partial charge in [0, 0.05) is 10.5 Å². The first-order valence-corrected chi connectivity index (χ1v) is 7.86. The maximum atomic E-state index is 5.52. The molecule has 0 saturated carbocycles. The first-order valence-electron chi connectivity index (χ1n) is 5.49. The van der Waals surface area contributed by atoms with Gasteiger partial charge in [0.25, 0.3) is 0 Å². The molecule has 1 N–H and O–H groups in total. The van der Waals surface area contributed by atoms with Crippen LogP contribution >= 0.6 is 47.8 Å². The fourth-order valence-electron chi connectivity index (χ4n) is 1.63. The molecule has 96 valence electrons. The zero-order valence-corrected chi connectivity index (χ0v) is 14.5. The number of hydrogen-bond acceptors (Lipinski definition) is 2. The van der Waals surface area contributed by atoms with Gasteiger partial charge < -0.3 is 9.73 Å². The van der Waals surface area contributed by atoms with Crippen molar-refractivity contribution in [1.82, 2.24) is 5.32 Å². The van der Waals surface area contributed by atoms with Crippen molar-refractivity contribution in [3.63, 3.8) is 0 Å². The highest BCUT2D eigenvalue weighted by molar-refractivity contribution is 9.13. The monoisotopic (exact) mass is 435 g/mol. The Bertz CT molecular complexity index is 519. The van der Waals surface area contributed by atoms with Crippen molar-refractivity contribution in [3.05, 3.63) is 55.3 Å². The summed E-state index contributed by atoms with van der Waals surface area (Å²) < 4.78 is 8.29. The van der Waals surface area contributed by atoms with Crippen molar-refractivity contribution in [2.24, 2.45) is 0 Å². The average Bonchev–Trinajstić information content (AvgIpc) is 2.66.